The SMILES string of the molecule is COCCN(CC(=O)N1CCc2sccc2C1c1ccccc1)S(=O)(=O)c1ccc([N+](=O)[O-])cc1. The van der Waals surface area contributed by atoms with E-state index in [4.69, 9.17) is 4.74 Å². The van der Waals surface area contributed by atoms with Crippen LogP contribution in [-0.4, -0.2) is 61.8 Å². The van der Waals surface area contributed by atoms with Gasteiger partial charge >= 0.3 is 0 Å². The number of carbonyl (C=O) groups excluding carboxylic acids is 1. The van der Waals surface area contributed by atoms with Gasteiger partial charge in [0.1, 0.15) is 0 Å². The number of hydrogen-bond donors (Lipinski definition) is 0. The summed E-state index contributed by atoms with van der Waals surface area (Å²) in [5, 5.41) is 13.0. The van der Waals surface area contributed by atoms with Gasteiger partial charge in [0.15, 0.2) is 0 Å². The molecular weight excluding hydrogens is 490 g/mol. The topological polar surface area (TPSA) is 110 Å². The van der Waals surface area contributed by atoms with Gasteiger partial charge in [-0.3, -0.25) is 14.9 Å². The molecule has 1 amide bonds. The molecule has 2 heterocycles. The maximum absolute atomic E-state index is 13.6. The number of nitro benzene ring substituents is 1. The quantitative estimate of drug-likeness (QED) is 0.319. The van der Waals surface area contributed by atoms with Crippen molar-refractivity contribution in [3.05, 3.63) is 92.2 Å². The standard InChI is InChI=1S/C24H25N3O6S2/c1-33-15-14-25(35(31,32)20-9-7-19(8-10-20)27(29)30)17-23(28)26-13-11-22-21(12-16-34-22)24(26)18-5-3-2-4-6-18/h2-10,12,16,24H,11,13-15,17H2,1H3. The molecule has 1 aliphatic heterocycles. The van der Waals surface area contributed by atoms with Gasteiger partial charge in [-0.05, 0) is 41.1 Å². The van der Waals surface area contributed by atoms with E-state index in [9.17, 15) is 23.3 Å². The Balaban J connectivity index is 1.63. The second kappa shape index (κ2) is 10.6. The van der Waals surface area contributed by atoms with Crippen LogP contribution in [0.1, 0.15) is 22.0 Å². The maximum atomic E-state index is 13.6. The zero-order chi connectivity index (χ0) is 25.0. The van der Waals surface area contributed by atoms with E-state index in [-0.39, 0.29) is 42.2 Å². The molecule has 0 N–H and O–H groups in total. The molecule has 1 aliphatic rings. The van der Waals surface area contributed by atoms with E-state index in [0.29, 0.717) is 13.0 Å². The number of benzene rings is 2. The van der Waals surface area contributed by atoms with Gasteiger partial charge in [0, 0.05) is 37.2 Å². The Hall–Kier alpha value is -3.12. The zero-order valence-electron chi connectivity index (χ0n) is 19.1. The monoisotopic (exact) mass is 515 g/mol. The molecule has 0 bridgehead atoms. The number of nitrogens with zero attached hydrogens (tertiary/aromatic N) is 3. The molecule has 4 rings (SSSR count). The van der Waals surface area contributed by atoms with Crippen LogP contribution in [0.3, 0.4) is 0 Å². The lowest BCUT2D eigenvalue weighted by molar-refractivity contribution is -0.384. The Morgan fingerprint density at radius 3 is 2.54 bits per heavy atom. The van der Waals surface area contributed by atoms with Crippen molar-refractivity contribution in [1.82, 2.24) is 9.21 Å². The van der Waals surface area contributed by atoms with Crippen molar-refractivity contribution in [2.45, 2.75) is 17.4 Å². The Morgan fingerprint density at radius 2 is 1.89 bits per heavy atom. The van der Waals surface area contributed by atoms with Crippen molar-refractivity contribution >= 4 is 33.0 Å². The van der Waals surface area contributed by atoms with Gasteiger partial charge < -0.3 is 9.64 Å². The summed E-state index contributed by atoms with van der Waals surface area (Å²) in [6, 6.07) is 16.0. The summed E-state index contributed by atoms with van der Waals surface area (Å²) in [6.45, 7) is 0.165. The predicted octanol–water partition coefficient (Wildman–Crippen LogP) is 3.47. The molecule has 2 aromatic carbocycles. The van der Waals surface area contributed by atoms with E-state index in [1.54, 1.807) is 16.2 Å². The molecule has 184 valence electrons. The van der Waals surface area contributed by atoms with Crippen molar-refractivity contribution in [2.75, 3.05) is 33.4 Å². The molecule has 0 fully saturated rings. The predicted molar refractivity (Wildman–Crippen MR) is 132 cm³/mol. The first-order valence-corrected chi connectivity index (χ1v) is 13.3. The van der Waals surface area contributed by atoms with Crippen molar-refractivity contribution in [3.8, 4) is 0 Å². The first kappa shape index (κ1) is 25.0. The van der Waals surface area contributed by atoms with Crippen LogP contribution in [0.2, 0.25) is 0 Å². The fourth-order valence-corrected chi connectivity index (χ4v) is 6.47. The van der Waals surface area contributed by atoms with Crippen LogP contribution in [0, 0.1) is 10.1 Å². The lowest BCUT2D eigenvalue weighted by Gasteiger charge is -2.37. The summed E-state index contributed by atoms with van der Waals surface area (Å²) in [4.78, 5) is 26.8. The number of carbonyl (C=O) groups is 1. The first-order chi connectivity index (χ1) is 16.8. The summed E-state index contributed by atoms with van der Waals surface area (Å²) >= 11 is 1.66. The molecule has 0 saturated carbocycles. The third-order valence-electron chi connectivity index (χ3n) is 5.94. The number of thiophene rings is 1. The number of hydrogen-bond acceptors (Lipinski definition) is 7. The van der Waals surface area contributed by atoms with Crippen LogP contribution in [0.4, 0.5) is 5.69 Å². The smallest absolute Gasteiger partial charge is 0.269 e. The highest BCUT2D eigenvalue weighted by Gasteiger charge is 2.35. The van der Waals surface area contributed by atoms with E-state index >= 15 is 0 Å². The second-order valence-corrected chi connectivity index (χ2v) is 11.0. The van der Waals surface area contributed by atoms with E-state index in [0.717, 1.165) is 27.6 Å². The van der Waals surface area contributed by atoms with Crippen LogP contribution >= 0.6 is 11.3 Å². The van der Waals surface area contributed by atoms with Gasteiger partial charge in [0.2, 0.25) is 15.9 Å². The molecule has 3 aromatic rings. The van der Waals surface area contributed by atoms with Crippen LogP contribution < -0.4 is 0 Å². The summed E-state index contributed by atoms with van der Waals surface area (Å²) in [5.41, 5.74) is 1.80. The molecule has 1 atom stereocenters. The lowest BCUT2D eigenvalue weighted by atomic mass is 9.93. The van der Waals surface area contributed by atoms with Gasteiger partial charge in [0.25, 0.3) is 5.69 Å². The van der Waals surface area contributed by atoms with E-state index < -0.39 is 14.9 Å². The summed E-state index contributed by atoms with van der Waals surface area (Å²) < 4.78 is 32.9. The van der Waals surface area contributed by atoms with Crippen LogP contribution in [-0.2, 0) is 26.0 Å². The largest absolute Gasteiger partial charge is 0.383 e. The van der Waals surface area contributed by atoms with Gasteiger partial charge in [-0.25, -0.2) is 8.42 Å². The molecule has 1 aromatic heterocycles. The summed E-state index contributed by atoms with van der Waals surface area (Å²) in [7, 11) is -2.64. The highest BCUT2D eigenvalue weighted by molar-refractivity contribution is 7.89. The van der Waals surface area contributed by atoms with Gasteiger partial charge in [-0.1, -0.05) is 30.3 Å². The van der Waals surface area contributed by atoms with Crippen molar-refractivity contribution < 1.29 is 22.9 Å². The second-order valence-electron chi connectivity index (χ2n) is 8.03. The highest BCUT2D eigenvalue weighted by atomic mass is 32.2. The lowest BCUT2D eigenvalue weighted by Crippen LogP contribution is -2.47. The minimum atomic E-state index is -4.10. The fraction of sp³-hybridized carbons (Fsp3) is 0.292. The fourth-order valence-electron chi connectivity index (χ4n) is 4.19. The number of rotatable bonds is 9. The van der Waals surface area contributed by atoms with E-state index in [1.165, 1.54) is 24.1 Å². The number of ether oxygens (including phenoxy) is 1. The number of methoxy groups -OCH3 is 1. The Labute approximate surface area is 207 Å². The molecule has 11 heteroatoms. The minimum absolute atomic E-state index is 0.0326. The molecule has 1 unspecified atom stereocenters. The molecule has 0 radical (unpaired) electrons. The van der Waals surface area contributed by atoms with Crippen molar-refractivity contribution in [1.29, 1.82) is 0 Å². The highest BCUT2D eigenvalue weighted by Crippen LogP contribution is 2.38. The molecule has 0 saturated heterocycles. The third kappa shape index (κ3) is 5.27. The molecular formula is C24H25N3O6S2. The van der Waals surface area contributed by atoms with E-state index in [2.05, 4.69) is 0 Å². The van der Waals surface area contributed by atoms with Crippen LogP contribution in [0.5, 0.6) is 0 Å². The normalized spacial score (nSPS) is 15.7. The van der Waals surface area contributed by atoms with Gasteiger partial charge in [-0.15, -0.1) is 11.3 Å². The maximum Gasteiger partial charge on any atom is 0.269 e. The number of amides is 1. The summed E-state index contributed by atoms with van der Waals surface area (Å²) in [6.07, 6.45) is 0.704. The molecule has 9 nitrogen and oxygen atoms in total. The molecule has 35 heavy (non-hydrogen) atoms. The number of sulfonamides is 1. The number of nitro groups is 1. The summed E-state index contributed by atoms with van der Waals surface area (Å²) in [5.74, 6) is -0.322. The Morgan fingerprint density at radius 1 is 1.17 bits per heavy atom. The van der Waals surface area contributed by atoms with Crippen LogP contribution in [0.15, 0.2) is 70.9 Å². The number of fused-ring (bicyclic) bond motifs is 1. The van der Waals surface area contributed by atoms with Crippen LogP contribution in [0.25, 0.3) is 0 Å². The van der Waals surface area contributed by atoms with E-state index in [1.807, 2.05) is 41.8 Å². The van der Waals surface area contributed by atoms with Gasteiger partial charge in [-0.2, -0.15) is 4.31 Å². The average molecular weight is 516 g/mol. The van der Waals surface area contributed by atoms with Crippen molar-refractivity contribution in [3.63, 3.8) is 0 Å². The molecule has 0 aliphatic carbocycles. The minimum Gasteiger partial charge on any atom is -0.383 e. The van der Waals surface area contributed by atoms with Gasteiger partial charge in [0.05, 0.1) is 29.0 Å². The third-order valence-corrected chi connectivity index (χ3v) is 8.80. The Bertz CT molecular complexity index is 1290. The zero-order valence-corrected chi connectivity index (χ0v) is 20.7. The first-order valence-electron chi connectivity index (χ1n) is 11.0. The molecule has 0 spiro atoms. The van der Waals surface area contributed by atoms with Crippen molar-refractivity contribution in [2.24, 2.45) is 0 Å². The Kier molecular flexibility index (Phi) is 7.60. The average Bonchev–Trinajstić information content (AvgIpc) is 3.35. The number of non-ortho nitro benzene ring substituents is 1.